The molecule has 0 saturated carbocycles. The quantitative estimate of drug-likeness (QED) is 0.141. The zero-order valence-electron chi connectivity index (χ0n) is 33.0. The average molecular weight is 760 g/mol. The van der Waals surface area contributed by atoms with Crippen molar-refractivity contribution < 1.29 is 8.83 Å². The maximum atomic E-state index is 4.72. The van der Waals surface area contributed by atoms with Crippen molar-refractivity contribution in [2.75, 3.05) is 0 Å². The minimum atomic E-state index is 0.606. The summed E-state index contributed by atoms with van der Waals surface area (Å²) in [5.74, 6) is 1.32. The summed E-state index contributed by atoms with van der Waals surface area (Å²) in [5.41, 5.74) is 11.9. The summed E-state index contributed by atoms with van der Waals surface area (Å²) in [4.78, 5) is 17.1. The molecule has 0 radical (unpaired) electrons. The van der Waals surface area contributed by atoms with Crippen molar-refractivity contribution >= 4 is 54.4 Å². The zero-order valence-corrected chi connectivity index (χ0v) is 33.0. The summed E-state index contributed by atoms with van der Waals surface area (Å²) in [5, 5.41) is 14.6. The molecular weight excluding hydrogens is 719 g/mol. The highest BCUT2D eigenvalue weighted by Gasteiger charge is 2.20. The van der Waals surface area contributed by atoms with E-state index in [0.717, 1.165) is 39.1 Å². The highest BCUT2D eigenvalue weighted by Crippen LogP contribution is 2.46. The smallest absolute Gasteiger partial charge is 0.213 e. The number of nitrogens with zero attached hydrogens (tertiary/aromatic N) is 7. The summed E-state index contributed by atoms with van der Waals surface area (Å²) < 4.78 is 11.6. The molecule has 11 aromatic rings. The van der Waals surface area contributed by atoms with Crippen LogP contribution in [0.3, 0.4) is 0 Å². The largest absolute Gasteiger partial charge is 0.449 e. The van der Waals surface area contributed by atoms with Gasteiger partial charge in [-0.15, -0.1) is 10.2 Å². The molecular formula is C49H41N7O2. The van der Waals surface area contributed by atoms with Crippen molar-refractivity contribution in [1.29, 1.82) is 0 Å². The number of fused-ring (bicyclic) bond motifs is 9. The number of rotatable bonds is 0. The van der Waals surface area contributed by atoms with Gasteiger partial charge in [-0.1, -0.05) is 97.1 Å². The number of aryl methyl sites for hydroxylation is 5. The number of hydrogen-bond donors (Lipinski definition) is 0. The number of aromatic nitrogens is 7. The Morgan fingerprint density at radius 3 is 1.76 bits per heavy atom. The lowest BCUT2D eigenvalue weighted by molar-refractivity contribution is 0.518. The molecule has 5 aromatic carbocycles. The molecule has 0 N–H and O–H groups in total. The Morgan fingerprint density at radius 1 is 0.500 bits per heavy atom. The maximum Gasteiger partial charge on any atom is 0.213 e. The van der Waals surface area contributed by atoms with Crippen LogP contribution in [0, 0.1) is 27.7 Å². The topological polar surface area (TPSA) is 109 Å². The number of oxazole rings is 1. The second-order valence-electron chi connectivity index (χ2n) is 13.8. The van der Waals surface area contributed by atoms with E-state index in [2.05, 4.69) is 161 Å². The second kappa shape index (κ2) is 16.7. The van der Waals surface area contributed by atoms with Crippen molar-refractivity contribution in [3.05, 3.63) is 182 Å². The van der Waals surface area contributed by atoms with Gasteiger partial charge < -0.3 is 13.4 Å². The van der Waals surface area contributed by atoms with Gasteiger partial charge in [0.15, 0.2) is 5.89 Å². The zero-order chi connectivity index (χ0) is 40.0. The molecule has 0 atom stereocenters. The summed E-state index contributed by atoms with van der Waals surface area (Å²) in [6.07, 6.45) is 8.28. The Balaban J connectivity index is 0.000000107. The predicted octanol–water partition coefficient (Wildman–Crippen LogP) is 12.0. The third-order valence-electron chi connectivity index (χ3n) is 9.94. The fraction of sp³-hybridized carbons (Fsp3) is 0.102. The van der Waals surface area contributed by atoms with Gasteiger partial charge in [-0.2, -0.15) is 0 Å². The maximum absolute atomic E-state index is 4.72. The fourth-order valence-corrected chi connectivity index (χ4v) is 7.25. The Hall–Kier alpha value is -7.52. The molecule has 284 valence electrons. The van der Waals surface area contributed by atoms with Crippen molar-refractivity contribution in [1.82, 2.24) is 34.7 Å². The van der Waals surface area contributed by atoms with Crippen LogP contribution in [-0.2, 0) is 7.05 Å². The highest BCUT2D eigenvalue weighted by molar-refractivity contribution is 6.15. The number of benzene rings is 5. The van der Waals surface area contributed by atoms with Gasteiger partial charge in [-0.3, -0.25) is 15.0 Å². The molecule has 0 aliphatic heterocycles. The third-order valence-corrected chi connectivity index (χ3v) is 9.94. The Morgan fingerprint density at radius 2 is 1.16 bits per heavy atom. The first-order valence-electron chi connectivity index (χ1n) is 19.0. The third kappa shape index (κ3) is 7.79. The van der Waals surface area contributed by atoms with Crippen molar-refractivity contribution in [2.24, 2.45) is 7.05 Å². The van der Waals surface area contributed by atoms with Crippen LogP contribution in [0.1, 0.15) is 23.2 Å². The molecule has 0 amide bonds. The van der Waals surface area contributed by atoms with Crippen molar-refractivity contribution in [3.63, 3.8) is 0 Å². The van der Waals surface area contributed by atoms with E-state index in [1.165, 1.54) is 61.2 Å². The van der Waals surface area contributed by atoms with E-state index in [1.54, 1.807) is 26.3 Å². The molecule has 9 nitrogen and oxygen atoms in total. The van der Waals surface area contributed by atoms with Crippen LogP contribution in [0.4, 0.5) is 0 Å². The normalized spacial score (nSPS) is 10.8. The molecule has 9 heteroatoms. The number of hydrogen-bond acceptors (Lipinski definition) is 8. The van der Waals surface area contributed by atoms with E-state index in [0.29, 0.717) is 5.89 Å². The van der Waals surface area contributed by atoms with Crippen LogP contribution in [0.25, 0.3) is 76.6 Å². The van der Waals surface area contributed by atoms with Crippen LogP contribution in [-0.4, -0.2) is 34.7 Å². The summed E-state index contributed by atoms with van der Waals surface area (Å²) in [6, 6.07) is 44.5. The summed E-state index contributed by atoms with van der Waals surface area (Å²) >= 11 is 0. The standard InChI is InChI=1S/C16H11N.C13H10N2.C13H11N.C4H5NO.C3H4N2O/c1-10-8-14-12-6-2-4-11-5-3-7-13(16(11)12)15(14)9-17-10;1-9-4-5-11-7-6-10-3-2-8-14-12(10)13(11)15-9;1-14-12-8-4-2-6-10(12)11-7-3-5-9-13(11)14;1-4-5-2-3-6-4;1-3-5-4-2-6-3/h2-9H,1H3;2-8H,1H3;2-9H,1H3;2-3H,1H3;2H,1H3. The minimum absolute atomic E-state index is 0.606. The van der Waals surface area contributed by atoms with Crippen molar-refractivity contribution in [3.8, 4) is 22.3 Å². The Labute approximate surface area is 335 Å². The molecule has 0 saturated heterocycles. The van der Waals surface area contributed by atoms with Crippen LogP contribution in [0.2, 0.25) is 0 Å². The first-order valence-corrected chi connectivity index (χ1v) is 19.0. The molecule has 1 aliphatic carbocycles. The van der Waals surface area contributed by atoms with Gasteiger partial charge in [0.05, 0.1) is 17.2 Å². The van der Waals surface area contributed by atoms with Gasteiger partial charge in [0.1, 0.15) is 6.26 Å². The first-order chi connectivity index (χ1) is 28.4. The summed E-state index contributed by atoms with van der Waals surface area (Å²) in [6.45, 7) is 7.59. The lowest BCUT2D eigenvalue weighted by Crippen LogP contribution is -1.86. The van der Waals surface area contributed by atoms with Crippen LogP contribution < -0.4 is 0 Å². The predicted molar refractivity (Wildman–Crippen MR) is 233 cm³/mol. The molecule has 12 rings (SSSR count). The van der Waals surface area contributed by atoms with E-state index in [1.807, 2.05) is 38.4 Å². The SMILES string of the molecule is Cc1cc2c(cn1)-c1cccc3cccc-2c13.Cc1ccc2ccc3cccnc3c2n1.Cc1ncco1.Cc1nnco1.Cn1c2ccccc2c2ccccc21. The van der Waals surface area contributed by atoms with Crippen molar-refractivity contribution in [2.45, 2.75) is 27.7 Å². The molecule has 0 bridgehead atoms. The van der Waals surface area contributed by atoms with Gasteiger partial charge >= 0.3 is 0 Å². The number of para-hydroxylation sites is 2. The van der Waals surface area contributed by atoms with Gasteiger partial charge in [-0.25, -0.2) is 4.98 Å². The average Bonchev–Trinajstić information content (AvgIpc) is 4.07. The molecule has 0 fully saturated rings. The van der Waals surface area contributed by atoms with E-state index >= 15 is 0 Å². The van der Waals surface area contributed by atoms with Gasteiger partial charge in [0.2, 0.25) is 12.3 Å². The lowest BCUT2D eigenvalue weighted by Gasteiger charge is -2.02. The molecule has 6 heterocycles. The number of pyridine rings is 3. The lowest BCUT2D eigenvalue weighted by atomic mass is 10.0. The van der Waals surface area contributed by atoms with Gasteiger partial charge in [0, 0.05) is 82.8 Å². The van der Waals surface area contributed by atoms with E-state index < -0.39 is 0 Å². The Bertz CT molecular complexity index is 3040. The highest BCUT2D eigenvalue weighted by atomic mass is 16.4. The minimum Gasteiger partial charge on any atom is -0.449 e. The molecule has 58 heavy (non-hydrogen) atoms. The van der Waals surface area contributed by atoms with Gasteiger partial charge in [-0.05, 0) is 71.6 Å². The van der Waals surface area contributed by atoms with Crippen LogP contribution >= 0.6 is 0 Å². The Kier molecular flexibility index (Phi) is 10.8. The van der Waals surface area contributed by atoms with Gasteiger partial charge in [0.25, 0.3) is 0 Å². The monoisotopic (exact) mass is 759 g/mol. The van der Waals surface area contributed by atoms with Crippen LogP contribution in [0.5, 0.6) is 0 Å². The van der Waals surface area contributed by atoms with E-state index in [4.69, 9.17) is 4.42 Å². The molecule has 0 spiro atoms. The van der Waals surface area contributed by atoms with Crippen LogP contribution in [0.15, 0.2) is 167 Å². The van der Waals surface area contributed by atoms with E-state index in [9.17, 15) is 0 Å². The van der Waals surface area contributed by atoms with E-state index in [-0.39, 0.29) is 0 Å². The molecule has 6 aromatic heterocycles. The molecule has 0 unspecified atom stereocenters. The first kappa shape index (κ1) is 37.4. The second-order valence-corrected chi connectivity index (χ2v) is 13.8. The fourth-order valence-electron chi connectivity index (χ4n) is 7.25. The molecule has 1 aliphatic rings. The summed E-state index contributed by atoms with van der Waals surface area (Å²) in [7, 11) is 2.12.